The molecule has 0 radical (unpaired) electrons. The Morgan fingerprint density at radius 3 is 2.77 bits per heavy atom. The van der Waals surface area contributed by atoms with Gasteiger partial charge in [0.2, 0.25) is 0 Å². The Labute approximate surface area is 144 Å². The topological polar surface area (TPSA) is 24.1 Å². The summed E-state index contributed by atoms with van der Waals surface area (Å²) in [6.07, 6.45) is 0. The molecule has 6 heteroatoms. The molecule has 2 rings (SSSR count). The van der Waals surface area contributed by atoms with Crippen LogP contribution in [0.4, 0.5) is 10.1 Å². The second-order valence-corrected chi connectivity index (χ2v) is 6.46. The van der Waals surface area contributed by atoms with Gasteiger partial charge in [-0.15, -0.1) is 0 Å². The van der Waals surface area contributed by atoms with E-state index in [1.807, 2.05) is 24.3 Å². The maximum Gasteiger partial charge on any atom is 0.170 e. The minimum atomic E-state index is -0.289. The van der Waals surface area contributed by atoms with Crippen LogP contribution in [0, 0.1) is 5.82 Å². The minimum Gasteiger partial charge on any atom is -0.362 e. The van der Waals surface area contributed by atoms with Crippen molar-refractivity contribution in [3.05, 3.63) is 64.9 Å². The summed E-state index contributed by atoms with van der Waals surface area (Å²) >= 11 is 13.0. The van der Waals surface area contributed by atoms with Crippen LogP contribution in [0.1, 0.15) is 5.56 Å². The van der Waals surface area contributed by atoms with E-state index in [1.54, 1.807) is 23.9 Å². The number of thioether (sulfide) groups is 1. The molecule has 0 aliphatic carbocycles. The van der Waals surface area contributed by atoms with Gasteiger partial charge in [-0.2, -0.15) is 11.8 Å². The van der Waals surface area contributed by atoms with E-state index in [4.69, 9.17) is 23.8 Å². The van der Waals surface area contributed by atoms with Gasteiger partial charge < -0.3 is 10.6 Å². The summed E-state index contributed by atoms with van der Waals surface area (Å²) in [5.41, 5.74) is 1.77. The number of rotatable bonds is 6. The van der Waals surface area contributed by atoms with E-state index in [-0.39, 0.29) is 5.82 Å². The molecule has 0 aliphatic rings. The molecule has 0 saturated carbocycles. The van der Waals surface area contributed by atoms with Gasteiger partial charge in [0.15, 0.2) is 5.11 Å². The van der Waals surface area contributed by atoms with Gasteiger partial charge in [0, 0.05) is 28.8 Å². The second-order valence-electron chi connectivity index (χ2n) is 4.54. The molecule has 0 atom stereocenters. The van der Waals surface area contributed by atoms with E-state index in [2.05, 4.69) is 10.6 Å². The molecule has 0 unspecified atom stereocenters. The van der Waals surface area contributed by atoms with Crippen LogP contribution in [0.2, 0.25) is 5.02 Å². The first-order valence-electron chi connectivity index (χ1n) is 6.77. The summed E-state index contributed by atoms with van der Waals surface area (Å²) in [5, 5.41) is 7.33. The van der Waals surface area contributed by atoms with Crippen molar-refractivity contribution in [3.8, 4) is 0 Å². The number of anilines is 1. The number of hydrogen-bond acceptors (Lipinski definition) is 2. The van der Waals surface area contributed by atoms with E-state index < -0.39 is 0 Å². The van der Waals surface area contributed by atoms with Crippen molar-refractivity contribution < 1.29 is 4.39 Å². The van der Waals surface area contributed by atoms with Crippen LogP contribution in [0.25, 0.3) is 0 Å². The first-order valence-corrected chi connectivity index (χ1v) is 8.71. The Bertz CT molecular complexity index is 637. The quantitative estimate of drug-likeness (QED) is 0.580. The second kappa shape index (κ2) is 8.98. The summed E-state index contributed by atoms with van der Waals surface area (Å²) in [6, 6.07) is 14.0. The molecule has 0 spiro atoms. The van der Waals surface area contributed by atoms with Gasteiger partial charge in [0.1, 0.15) is 5.82 Å². The largest absolute Gasteiger partial charge is 0.362 e. The van der Waals surface area contributed by atoms with Crippen molar-refractivity contribution in [2.45, 2.75) is 5.75 Å². The minimum absolute atomic E-state index is 0.289. The third-order valence-corrected chi connectivity index (χ3v) is 4.45. The van der Waals surface area contributed by atoms with Crippen molar-refractivity contribution in [1.29, 1.82) is 0 Å². The molecule has 0 amide bonds. The fourth-order valence-electron chi connectivity index (χ4n) is 1.78. The highest BCUT2D eigenvalue weighted by atomic mass is 35.5. The molecule has 2 aromatic rings. The van der Waals surface area contributed by atoms with E-state index in [1.165, 1.54) is 12.1 Å². The average molecular weight is 355 g/mol. The fourth-order valence-corrected chi connectivity index (χ4v) is 3.14. The summed E-state index contributed by atoms with van der Waals surface area (Å²) in [4.78, 5) is 0. The Morgan fingerprint density at radius 1 is 1.18 bits per heavy atom. The highest BCUT2D eigenvalue weighted by molar-refractivity contribution is 7.98. The van der Waals surface area contributed by atoms with Gasteiger partial charge in [0.05, 0.1) is 0 Å². The van der Waals surface area contributed by atoms with Crippen molar-refractivity contribution in [1.82, 2.24) is 5.32 Å². The zero-order chi connectivity index (χ0) is 15.8. The Morgan fingerprint density at radius 2 is 2.00 bits per heavy atom. The lowest BCUT2D eigenvalue weighted by atomic mass is 10.2. The molecule has 0 bridgehead atoms. The van der Waals surface area contributed by atoms with Crippen LogP contribution in [0.3, 0.4) is 0 Å². The van der Waals surface area contributed by atoms with Gasteiger partial charge in [-0.3, -0.25) is 0 Å². The summed E-state index contributed by atoms with van der Waals surface area (Å²) in [7, 11) is 0. The van der Waals surface area contributed by atoms with E-state index >= 15 is 0 Å². The lowest BCUT2D eigenvalue weighted by Crippen LogP contribution is -2.30. The van der Waals surface area contributed by atoms with Crippen LogP contribution in [0.15, 0.2) is 48.5 Å². The first-order chi connectivity index (χ1) is 10.6. The van der Waals surface area contributed by atoms with Crippen LogP contribution < -0.4 is 10.6 Å². The molecule has 0 aromatic heterocycles. The highest BCUT2D eigenvalue weighted by Crippen LogP contribution is 2.20. The third kappa shape index (κ3) is 5.83. The molecular formula is C16H16ClFN2S2. The smallest absolute Gasteiger partial charge is 0.170 e. The highest BCUT2D eigenvalue weighted by Gasteiger charge is 2.00. The van der Waals surface area contributed by atoms with E-state index in [9.17, 15) is 4.39 Å². The summed E-state index contributed by atoms with van der Waals surface area (Å²) in [6.45, 7) is 0.732. The fraction of sp³-hybridized carbons (Fsp3) is 0.188. The maximum atomic E-state index is 13.0. The van der Waals surface area contributed by atoms with Crippen LogP contribution in [-0.4, -0.2) is 17.4 Å². The third-order valence-electron chi connectivity index (χ3n) is 2.83. The number of nitrogens with one attached hydrogen (secondary N) is 2. The Kier molecular flexibility index (Phi) is 6.96. The number of halogens is 2. The van der Waals surface area contributed by atoms with Gasteiger partial charge >= 0.3 is 0 Å². The molecule has 2 N–H and O–H groups in total. The lowest BCUT2D eigenvalue weighted by molar-refractivity contribution is 0.628. The number of hydrogen-bond donors (Lipinski definition) is 2. The molecule has 0 heterocycles. The van der Waals surface area contributed by atoms with E-state index in [0.29, 0.717) is 10.8 Å². The van der Waals surface area contributed by atoms with Crippen LogP contribution >= 0.6 is 35.6 Å². The number of thiocarbonyl (C=S) groups is 1. The zero-order valence-corrected chi connectivity index (χ0v) is 14.2. The Hall–Kier alpha value is -1.30. The molecule has 2 aromatic carbocycles. The van der Waals surface area contributed by atoms with Gasteiger partial charge in [0.25, 0.3) is 0 Å². The molecule has 22 heavy (non-hydrogen) atoms. The van der Waals surface area contributed by atoms with Crippen molar-refractivity contribution in [3.63, 3.8) is 0 Å². The van der Waals surface area contributed by atoms with Crippen molar-refractivity contribution >= 4 is 46.4 Å². The molecule has 0 aliphatic heterocycles. The molecule has 116 valence electrons. The van der Waals surface area contributed by atoms with Gasteiger partial charge in [-0.25, -0.2) is 4.39 Å². The molecule has 0 saturated heterocycles. The SMILES string of the molecule is Fc1cccc(NC(=S)NCCSCc2ccccc2Cl)c1. The van der Waals surface area contributed by atoms with Gasteiger partial charge in [-0.1, -0.05) is 35.9 Å². The monoisotopic (exact) mass is 354 g/mol. The predicted octanol–water partition coefficient (Wildman–Crippen LogP) is 4.70. The summed E-state index contributed by atoms with van der Waals surface area (Å²) in [5.74, 6) is 1.48. The van der Waals surface area contributed by atoms with Crippen molar-refractivity contribution in [2.24, 2.45) is 0 Å². The predicted molar refractivity (Wildman–Crippen MR) is 98.2 cm³/mol. The van der Waals surface area contributed by atoms with Crippen LogP contribution in [-0.2, 0) is 5.75 Å². The molecule has 0 fully saturated rings. The van der Waals surface area contributed by atoms with E-state index in [0.717, 1.165) is 28.6 Å². The Balaban J connectivity index is 1.64. The molecule has 2 nitrogen and oxygen atoms in total. The molecular weight excluding hydrogens is 339 g/mol. The number of benzene rings is 2. The standard InChI is InChI=1S/C16H16ClFN2S2/c17-15-7-2-1-4-12(15)11-22-9-8-19-16(21)20-14-6-3-5-13(18)10-14/h1-7,10H,8-9,11H2,(H2,19,20,21). The maximum absolute atomic E-state index is 13.0. The average Bonchev–Trinajstić information content (AvgIpc) is 2.48. The van der Waals surface area contributed by atoms with Crippen LogP contribution in [0.5, 0.6) is 0 Å². The van der Waals surface area contributed by atoms with Crippen molar-refractivity contribution in [2.75, 3.05) is 17.6 Å². The summed E-state index contributed by atoms with van der Waals surface area (Å²) < 4.78 is 13.0. The zero-order valence-electron chi connectivity index (χ0n) is 11.8. The normalized spacial score (nSPS) is 10.3. The van der Waals surface area contributed by atoms with Gasteiger partial charge in [-0.05, 0) is 42.0 Å². The lowest BCUT2D eigenvalue weighted by Gasteiger charge is -2.10. The first kappa shape index (κ1) is 17.1.